The molecule has 0 aliphatic carbocycles. The van der Waals surface area contributed by atoms with Crippen molar-refractivity contribution in [3.8, 4) is 0 Å². The number of ether oxygens (including phenoxy) is 1. The van der Waals surface area contributed by atoms with Crippen molar-refractivity contribution in [2.45, 2.75) is 32.4 Å². The monoisotopic (exact) mass is 277 g/mol. The Labute approximate surface area is 118 Å². The van der Waals surface area contributed by atoms with Gasteiger partial charge < -0.3 is 14.5 Å². The zero-order chi connectivity index (χ0) is 14.1. The zero-order valence-corrected chi connectivity index (χ0v) is 11.9. The lowest BCUT2D eigenvalue weighted by atomic mass is 9.95. The smallest absolute Gasteiger partial charge is 0.134 e. The SMILES string of the molecule is CCNC(c1cc2cc(F)ccc2o1)C1COC(C)C1. The largest absolute Gasteiger partial charge is 0.459 e. The second-order valence-electron chi connectivity index (χ2n) is 5.51. The minimum Gasteiger partial charge on any atom is -0.459 e. The number of rotatable bonds is 4. The summed E-state index contributed by atoms with van der Waals surface area (Å²) >= 11 is 0. The third kappa shape index (κ3) is 2.58. The molecular weight excluding hydrogens is 257 g/mol. The Bertz CT molecular complexity index is 595. The Balaban J connectivity index is 1.92. The fourth-order valence-corrected chi connectivity index (χ4v) is 2.99. The van der Waals surface area contributed by atoms with E-state index in [1.807, 2.05) is 6.07 Å². The van der Waals surface area contributed by atoms with Crippen LogP contribution in [0.5, 0.6) is 0 Å². The molecule has 3 nitrogen and oxygen atoms in total. The van der Waals surface area contributed by atoms with E-state index in [0.29, 0.717) is 12.0 Å². The number of hydrogen-bond acceptors (Lipinski definition) is 3. The van der Waals surface area contributed by atoms with E-state index >= 15 is 0 Å². The predicted octanol–water partition coefficient (Wildman–Crippen LogP) is 3.65. The molecule has 20 heavy (non-hydrogen) atoms. The van der Waals surface area contributed by atoms with Crippen molar-refractivity contribution in [1.29, 1.82) is 0 Å². The number of nitrogens with one attached hydrogen (secondary N) is 1. The normalized spacial score (nSPS) is 24.4. The molecule has 1 aromatic heterocycles. The van der Waals surface area contributed by atoms with Gasteiger partial charge >= 0.3 is 0 Å². The minimum absolute atomic E-state index is 0.125. The lowest BCUT2D eigenvalue weighted by molar-refractivity contribution is 0.116. The predicted molar refractivity (Wildman–Crippen MR) is 76.1 cm³/mol. The van der Waals surface area contributed by atoms with Gasteiger partial charge in [-0.15, -0.1) is 0 Å². The van der Waals surface area contributed by atoms with Crippen LogP contribution in [0, 0.1) is 11.7 Å². The highest BCUT2D eigenvalue weighted by Gasteiger charge is 2.32. The molecule has 0 saturated carbocycles. The molecule has 1 saturated heterocycles. The molecule has 1 fully saturated rings. The van der Waals surface area contributed by atoms with Crippen LogP contribution in [0.2, 0.25) is 0 Å². The quantitative estimate of drug-likeness (QED) is 0.926. The van der Waals surface area contributed by atoms with Gasteiger partial charge in [-0.2, -0.15) is 0 Å². The van der Waals surface area contributed by atoms with Gasteiger partial charge in [0.2, 0.25) is 0 Å². The molecule has 2 aromatic rings. The lowest BCUT2D eigenvalue weighted by Crippen LogP contribution is -2.28. The summed E-state index contributed by atoms with van der Waals surface area (Å²) in [6, 6.07) is 6.69. The van der Waals surface area contributed by atoms with Gasteiger partial charge in [-0.25, -0.2) is 4.39 Å². The second kappa shape index (κ2) is 5.54. The summed E-state index contributed by atoms with van der Waals surface area (Å²) in [5.41, 5.74) is 0.733. The Hall–Kier alpha value is -1.39. The van der Waals surface area contributed by atoms with Crippen LogP contribution in [-0.4, -0.2) is 19.3 Å². The maximum absolute atomic E-state index is 13.3. The average Bonchev–Trinajstić information content (AvgIpc) is 3.01. The molecule has 2 heterocycles. The molecule has 1 aromatic carbocycles. The zero-order valence-electron chi connectivity index (χ0n) is 11.9. The van der Waals surface area contributed by atoms with Crippen molar-refractivity contribution in [2.75, 3.05) is 13.2 Å². The van der Waals surface area contributed by atoms with E-state index in [-0.39, 0.29) is 11.9 Å². The molecule has 3 rings (SSSR count). The number of furan rings is 1. The number of halogens is 1. The van der Waals surface area contributed by atoms with Crippen molar-refractivity contribution in [2.24, 2.45) is 5.92 Å². The third-order valence-corrected chi connectivity index (χ3v) is 3.93. The van der Waals surface area contributed by atoms with E-state index in [1.165, 1.54) is 12.1 Å². The van der Waals surface area contributed by atoms with Crippen molar-refractivity contribution in [1.82, 2.24) is 5.32 Å². The Morgan fingerprint density at radius 1 is 1.40 bits per heavy atom. The van der Waals surface area contributed by atoms with Crippen LogP contribution in [0.1, 0.15) is 32.1 Å². The molecule has 0 radical (unpaired) electrons. The average molecular weight is 277 g/mol. The van der Waals surface area contributed by atoms with E-state index in [9.17, 15) is 4.39 Å². The third-order valence-electron chi connectivity index (χ3n) is 3.93. The highest BCUT2D eigenvalue weighted by atomic mass is 19.1. The summed E-state index contributed by atoms with van der Waals surface area (Å²) in [6.45, 7) is 5.77. The van der Waals surface area contributed by atoms with E-state index in [2.05, 4.69) is 19.2 Å². The Morgan fingerprint density at radius 2 is 2.25 bits per heavy atom. The van der Waals surface area contributed by atoms with E-state index in [1.54, 1.807) is 6.07 Å². The molecule has 1 aliphatic heterocycles. The van der Waals surface area contributed by atoms with E-state index < -0.39 is 0 Å². The molecule has 3 unspecified atom stereocenters. The van der Waals surface area contributed by atoms with Gasteiger partial charge in [-0.3, -0.25) is 0 Å². The summed E-state index contributed by atoms with van der Waals surface area (Å²) in [7, 11) is 0. The van der Waals surface area contributed by atoms with Crippen LogP contribution >= 0.6 is 0 Å². The maximum atomic E-state index is 13.3. The van der Waals surface area contributed by atoms with Crippen molar-refractivity contribution < 1.29 is 13.5 Å². The molecule has 3 atom stereocenters. The fourth-order valence-electron chi connectivity index (χ4n) is 2.99. The molecule has 0 spiro atoms. The number of fused-ring (bicyclic) bond motifs is 1. The maximum Gasteiger partial charge on any atom is 0.134 e. The van der Waals surface area contributed by atoms with Gasteiger partial charge in [-0.1, -0.05) is 6.92 Å². The van der Waals surface area contributed by atoms with Crippen LogP contribution < -0.4 is 5.32 Å². The molecule has 108 valence electrons. The van der Waals surface area contributed by atoms with Gasteiger partial charge in [0.05, 0.1) is 18.8 Å². The van der Waals surface area contributed by atoms with Crippen LogP contribution in [0.4, 0.5) is 4.39 Å². The number of hydrogen-bond donors (Lipinski definition) is 1. The highest BCUT2D eigenvalue weighted by Crippen LogP contribution is 2.34. The standard InChI is InChI=1S/C16H20FNO2/c1-3-18-16(12-6-10(2)19-9-12)15-8-11-7-13(17)4-5-14(11)20-15/h4-5,7-8,10,12,16,18H,3,6,9H2,1-2H3. The number of benzene rings is 1. The molecular formula is C16H20FNO2. The van der Waals surface area contributed by atoms with Gasteiger partial charge in [0.1, 0.15) is 17.2 Å². The molecule has 1 N–H and O–H groups in total. The first-order valence-corrected chi connectivity index (χ1v) is 7.21. The van der Waals surface area contributed by atoms with Crippen LogP contribution in [0.25, 0.3) is 11.0 Å². The fraction of sp³-hybridized carbons (Fsp3) is 0.500. The summed E-state index contributed by atoms with van der Waals surface area (Å²) in [5, 5.41) is 4.28. The summed E-state index contributed by atoms with van der Waals surface area (Å²) in [6.07, 6.45) is 1.31. The van der Waals surface area contributed by atoms with Gasteiger partial charge in [0.15, 0.2) is 0 Å². The second-order valence-corrected chi connectivity index (χ2v) is 5.51. The summed E-state index contributed by atoms with van der Waals surface area (Å²) < 4.78 is 24.8. The molecule has 1 aliphatic rings. The van der Waals surface area contributed by atoms with Crippen LogP contribution in [0.15, 0.2) is 28.7 Å². The Morgan fingerprint density at radius 3 is 2.95 bits per heavy atom. The summed E-state index contributed by atoms with van der Waals surface area (Å²) in [5.74, 6) is 1.04. The highest BCUT2D eigenvalue weighted by molar-refractivity contribution is 5.78. The molecule has 4 heteroatoms. The van der Waals surface area contributed by atoms with Crippen molar-refractivity contribution >= 4 is 11.0 Å². The molecule has 0 amide bonds. The van der Waals surface area contributed by atoms with Gasteiger partial charge in [-0.05, 0) is 44.2 Å². The molecule has 0 bridgehead atoms. The first-order chi connectivity index (χ1) is 9.67. The first-order valence-electron chi connectivity index (χ1n) is 7.21. The van der Waals surface area contributed by atoms with Crippen molar-refractivity contribution in [3.63, 3.8) is 0 Å². The van der Waals surface area contributed by atoms with E-state index in [4.69, 9.17) is 9.15 Å². The van der Waals surface area contributed by atoms with E-state index in [0.717, 1.165) is 36.3 Å². The topological polar surface area (TPSA) is 34.4 Å². The minimum atomic E-state index is -0.234. The van der Waals surface area contributed by atoms with Crippen LogP contribution in [0.3, 0.4) is 0 Å². The van der Waals surface area contributed by atoms with Gasteiger partial charge in [0.25, 0.3) is 0 Å². The van der Waals surface area contributed by atoms with Gasteiger partial charge in [0, 0.05) is 11.3 Å². The lowest BCUT2D eigenvalue weighted by Gasteiger charge is -2.21. The van der Waals surface area contributed by atoms with Crippen molar-refractivity contribution in [3.05, 3.63) is 35.8 Å². The Kier molecular flexibility index (Phi) is 3.76. The summed E-state index contributed by atoms with van der Waals surface area (Å²) in [4.78, 5) is 0. The first kappa shape index (κ1) is 13.6. The van der Waals surface area contributed by atoms with Crippen LogP contribution in [-0.2, 0) is 4.74 Å².